The second-order valence-electron chi connectivity index (χ2n) is 5.02. The van der Waals surface area contributed by atoms with Gasteiger partial charge in [-0.1, -0.05) is 18.2 Å². The van der Waals surface area contributed by atoms with Crippen molar-refractivity contribution in [3.05, 3.63) is 52.1 Å². The van der Waals surface area contributed by atoms with Crippen molar-refractivity contribution in [3.63, 3.8) is 0 Å². The van der Waals surface area contributed by atoms with Gasteiger partial charge in [0.1, 0.15) is 6.04 Å². The fraction of sp³-hybridized carbons (Fsp3) is 0.312. The van der Waals surface area contributed by atoms with Crippen molar-refractivity contribution in [1.29, 1.82) is 0 Å². The first-order valence-corrected chi connectivity index (χ1v) is 7.48. The molecule has 0 bridgehead atoms. The molecular formula is C16H19N3O6. The molecule has 25 heavy (non-hydrogen) atoms. The zero-order valence-corrected chi connectivity index (χ0v) is 13.6. The van der Waals surface area contributed by atoms with Crippen molar-refractivity contribution in [2.24, 2.45) is 5.73 Å². The molecule has 3 N–H and O–H groups in total. The molecule has 0 aliphatic rings. The zero-order valence-electron chi connectivity index (χ0n) is 13.6. The molecule has 134 valence electrons. The number of primary amides is 1. The topological polar surface area (TPSA) is 142 Å². The van der Waals surface area contributed by atoms with Gasteiger partial charge in [0.2, 0.25) is 11.8 Å². The predicted octanol–water partition coefficient (Wildman–Crippen LogP) is 0.617. The molecule has 0 aromatic heterocycles. The molecule has 0 fully saturated rings. The zero-order chi connectivity index (χ0) is 18.8. The Morgan fingerprint density at radius 3 is 2.72 bits per heavy atom. The quantitative estimate of drug-likeness (QED) is 0.290. The Morgan fingerprint density at radius 1 is 1.40 bits per heavy atom. The van der Waals surface area contributed by atoms with E-state index in [4.69, 9.17) is 10.5 Å². The number of ether oxygens (including phenoxy) is 1. The second-order valence-corrected chi connectivity index (χ2v) is 5.02. The number of esters is 1. The number of nitrogens with two attached hydrogens (primary N) is 1. The lowest BCUT2D eigenvalue weighted by Crippen LogP contribution is -2.44. The van der Waals surface area contributed by atoms with Crippen LogP contribution >= 0.6 is 0 Å². The molecule has 1 aromatic rings. The summed E-state index contributed by atoms with van der Waals surface area (Å²) in [7, 11) is 0. The molecule has 9 nitrogen and oxygen atoms in total. The molecule has 0 aliphatic carbocycles. The molecule has 0 aliphatic heterocycles. The van der Waals surface area contributed by atoms with Gasteiger partial charge in [-0.3, -0.25) is 19.7 Å². The lowest BCUT2D eigenvalue weighted by molar-refractivity contribution is -0.384. The Hall–Kier alpha value is -3.23. The number of hydrogen-bond acceptors (Lipinski definition) is 6. The highest BCUT2D eigenvalue weighted by molar-refractivity contribution is 5.88. The number of carbonyl (C=O) groups excluding carboxylic acids is 3. The van der Waals surface area contributed by atoms with Crippen LogP contribution in [0.15, 0.2) is 36.4 Å². The number of non-ortho nitro benzene ring substituents is 1. The van der Waals surface area contributed by atoms with E-state index in [2.05, 4.69) is 5.32 Å². The van der Waals surface area contributed by atoms with E-state index >= 15 is 0 Å². The maximum Gasteiger partial charge on any atom is 0.330 e. The minimum atomic E-state index is -1.00. The lowest BCUT2D eigenvalue weighted by atomic mass is 10.1. The summed E-state index contributed by atoms with van der Waals surface area (Å²) in [4.78, 5) is 44.7. The number of carbonyl (C=O) groups is 3. The molecule has 2 amide bonds. The van der Waals surface area contributed by atoms with Crippen LogP contribution in [0.1, 0.15) is 18.9 Å². The standard InChI is InChI=1S/C16H19N3O6/c1-2-25-15(21)8-4-7-13(16(17)22)18-14(20)10-11-5-3-6-12(9-11)19(23)24/h3-6,8-9,13H,2,7,10H2,1H3,(H2,17,22)(H,18,20)/b8-4+/t13-/m1/s1. The lowest BCUT2D eigenvalue weighted by Gasteiger charge is -2.13. The molecule has 0 saturated heterocycles. The molecule has 0 heterocycles. The first-order chi connectivity index (χ1) is 11.8. The van der Waals surface area contributed by atoms with E-state index in [-0.39, 0.29) is 25.1 Å². The number of hydrogen-bond donors (Lipinski definition) is 2. The Labute approximate surface area is 144 Å². The Bertz CT molecular complexity index is 686. The van der Waals surface area contributed by atoms with Gasteiger partial charge in [-0.25, -0.2) is 4.79 Å². The van der Waals surface area contributed by atoms with Gasteiger partial charge in [0.15, 0.2) is 0 Å². The van der Waals surface area contributed by atoms with Gasteiger partial charge in [-0.05, 0) is 18.9 Å². The van der Waals surface area contributed by atoms with Crippen LogP contribution in [0.2, 0.25) is 0 Å². The largest absolute Gasteiger partial charge is 0.463 e. The minimum absolute atomic E-state index is 0.0226. The molecular weight excluding hydrogens is 330 g/mol. The number of nitrogens with zero attached hydrogens (tertiary/aromatic N) is 1. The predicted molar refractivity (Wildman–Crippen MR) is 88.3 cm³/mol. The monoisotopic (exact) mass is 349 g/mol. The highest BCUT2D eigenvalue weighted by Gasteiger charge is 2.17. The molecule has 0 radical (unpaired) electrons. The third-order valence-electron chi connectivity index (χ3n) is 3.08. The van der Waals surface area contributed by atoms with Crippen LogP contribution in [0.5, 0.6) is 0 Å². The van der Waals surface area contributed by atoms with Gasteiger partial charge in [0.05, 0.1) is 18.0 Å². The third kappa shape index (κ3) is 7.25. The Morgan fingerprint density at radius 2 is 2.12 bits per heavy atom. The van der Waals surface area contributed by atoms with Gasteiger partial charge in [-0.15, -0.1) is 0 Å². The summed E-state index contributed by atoms with van der Waals surface area (Å²) in [5.74, 6) is -1.84. The Kier molecular flexibility index (Phi) is 7.77. The van der Waals surface area contributed by atoms with E-state index in [1.54, 1.807) is 13.0 Å². The number of nitro groups is 1. The van der Waals surface area contributed by atoms with Gasteiger partial charge in [0.25, 0.3) is 5.69 Å². The molecule has 0 saturated carbocycles. The van der Waals surface area contributed by atoms with Gasteiger partial charge >= 0.3 is 5.97 Å². The molecule has 0 spiro atoms. The second kappa shape index (κ2) is 9.81. The fourth-order valence-electron chi connectivity index (χ4n) is 1.95. The molecule has 1 rings (SSSR count). The number of nitro benzene ring substituents is 1. The van der Waals surface area contributed by atoms with E-state index in [9.17, 15) is 24.5 Å². The van der Waals surface area contributed by atoms with E-state index in [1.165, 1.54) is 24.3 Å². The average molecular weight is 349 g/mol. The fourth-order valence-corrected chi connectivity index (χ4v) is 1.95. The van der Waals surface area contributed by atoms with E-state index < -0.39 is 28.7 Å². The summed E-state index contributed by atoms with van der Waals surface area (Å²) in [5.41, 5.74) is 5.52. The summed E-state index contributed by atoms with van der Waals surface area (Å²) in [6.07, 6.45) is 2.40. The molecule has 1 aromatic carbocycles. The first-order valence-electron chi connectivity index (χ1n) is 7.48. The maximum absolute atomic E-state index is 12.0. The third-order valence-corrected chi connectivity index (χ3v) is 3.08. The van der Waals surface area contributed by atoms with Crippen molar-refractivity contribution >= 4 is 23.5 Å². The summed E-state index contributed by atoms with van der Waals surface area (Å²) in [6, 6.07) is 4.62. The van der Waals surface area contributed by atoms with Gasteiger partial charge in [0, 0.05) is 18.2 Å². The number of benzene rings is 1. The summed E-state index contributed by atoms with van der Waals surface area (Å²) >= 11 is 0. The molecule has 1 atom stereocenters. The maximum atomic E-state index is 12.0. The molecule has 9 heteroatoms. The van der Waals surface area contributed by atoms with Crippen molar-refractivity contribution in [2.75, 3.05) is 6.61 Å². The summed E-state index contributed by atoms with van der Waals surface area (Å²) < 4.78 is 4.69. The van der Waals surface area contributed by atoms with Crippen LogP contribution in [0.3, 0.4) is 0 Å². The van der Waals surface area contributed by atoms with Crippen LogP contribution in [-0.2, 0) is 25.5 Å². The SMILES string of the molecule is CCOC(=O)/C=C/C[C@@H](NC(=O)Cc1cccc([N+](=O)[O-])c1)C(N)=O. The van der Waals surface area contributed by atoms with Crippen molar-refractivity contribution < 1.29 is 24.0 Å². The van der Waals surface area contributed by atoms with Crippen molar-refractivity contribution in [2.45, 2.75) is 25.8 Å². The summed E-state index contributed by atoms with van der Waals surface area (Å²) in [5, 5.41) is 13.2. The van der Waals surface area contributed by atoms with E-state index in [0.29, 0.717) is 5.56 Å². The van der Waals surface area contributed by atoms with Crippen molar-refractivity contribution in [3.8, 4) is 0 Å². The number of amides is 2. The van der Waals surface area contributed by atoms with Crippen LogP contribution < -0.4 is 11.1 Å². The molecule has 0 unspecified atom stereocenters. The van der Waals surface area contributed by atoms with Crippen LogP contribution in [0.4, 0.5) is 5.69 Å². The smallest absolute Gasteiger partial charge is 0.330 e. The van der Waals surface area contributed by atoms with Crippen LogP contribution in [0, 0.1) is 10.1 Å². The van der Waals surface area contributed by atoms with E-state index in [0.717, 1.165) is 6.08 Å². The van der Waals surface area contributed by atoms with Gasteiger partial charge in [-0.2, -0.15) is 0 Å². The van der Waals surface area contributed by atoms with E-state index in [1.807, 2.05) is 0 Å². The minimum Gasteiger partial charge on any atom is -0.463 e. The highest BCUT2D eigenvalue weighted by Crippen LogP contribution is 2.13. The normalized spacial score (nSPS) is 11.7. The first kappa shape index (κ1) is 19.8. The number of rotatable bonds is 9. The van der Waals surface area contributed by atoms with Crippen LogP contribution in [-0.4, -0.2) is 35.4 Å². The van der Waals surface area contributed by atoms with Crippen molar-refractivity contribution in [1.82, 2.24) is 5.32 Å². The summed E-state index contributed by atoms with van der Waals surface area (Å²) in [6.45, 7) is 1.88. The highest BCUT2D eigenvalue weighted by atomic mass is 16.6. The van der Waals surface area contributed by atoms with Crippen LogP contribution in [0.25, 0.3) is 0 Å². The average Bonchev–Trinajstić information content (AvgIpc) is 2.54. The number of nitrogens with one attached hydrogen (secondary N) is 1. The van der Waals surface area contributed by atoms with Gasteiger partial charge < -0.3 is 15.8 Å². The Balaban J connectivity index is 2.64.